The van der Waals surface area contributed by atoms with Crippen molar-refractivity contribution in [3.05, 3.63) is 0 Å². The average Bonchev–Trinajstić information content (AvgIpc) is 1.62. The molecule has 0 aromatic heterocycles. The largest absolute Gasteiger partial charge is 0.463 e. The topological polar surface area (TPSA) is 226 Å². The molecule has 2 N–H and O–H groups in total. The smallest absolute Gasteiger partial charge is 0.306 e. The van der Waals surface area contributed by atoms with Gasteiger partial charge in [-0.25, -0.2) is 0 Å². The fourth-order valence-corrected chi connectivity index (χ4v) is 20.3. The van der Waals surface area contributed by atoms with Crippen LogP contribution in [-0.4, -0.2) is 121 Å². The molecule has 0 aromatic rings. The standard InChI is InChI=1S/C120H226O17/c1-7-13-19-25-31-37-43-49-55-61-67-73-79-85-91-97-108(122)129-104-107-115(132-110(124)99-93-87-81-75-69-63-57-51-45-39-33-27-21-15-9-3)118(135-113(127)102-96-90-84-78-72-66-60-54-48-42-36-30-24-18-12-6)120(136-107,105-130-109(123)98-92-86-80-74-68-62-56-50-44-38-32-26-20-14-8-2)137-119-117(134-112(126)101-95-89-83-77-71-65-59-53-47-41-35-29-23-17-11-5)116(114(128)106(103-121)131-119)133-111(125)100-94-88-82-76-70-64-58-52-46-40-34-28-22-16-10-4/h106-107,114-119,121,128H,7-105H2,1-6H3/t106-,107-,114-,115-,116+,117-,118+,119-,120+/m1/s1. The van der Waals surface area contributed by atoms with E-state index in [9.17, 15) is 34.2 Å². The van der Waals surface area contributed by atoms with Crippen molar-refractivity contribution in [3.8, 4) is 0 Å². The van der Waals surface area contributed by atoms with Gasteiger partial charge in [0.25, 0.3) is 0 Å². The maximum atomic E-state index is 15.1. The Morgan fingerprint density at radius 3 is 0.642 bits per heavy atom. The summed E-state index contributed by atoms with van der Waals surface area (Å²) in [6, 6.07) is 0. The molecule has 9 atom stereocenters. The second kappa shape index (κ2) is 98.6. The van der Waals surface area contributed by atoms with Gasteiger partial charge in [0, 0.05) is 38.5 Å². The zero-order chi connectivity index (χ0) is 99.0. The van der Waals surface area contributed by atoms with E-state index in [2.05, 4.69) is 41.5 Å². The molecule has 2 fully saturated rings. The van der Waals surface area contributed by atoms with Gasteiger partial charge >= 0.3 is 35.8 Å². The Morgan fingerprint density at radius 1 is 0.226 bits per heavy atom. The van der Waals surface area contributed by atoms with Gasteiger partial charge < -0.3 is 52.8 Å². The van der Waals surface area contributed by atoms with E-state index in [1.165, 1.54) is 385 Å². The van der Waals surface area contributed by atoms with Gasteiger partial charge in [0.05, 0.1) is 6.61 Å². The molecule has 2 aliphatic rings. The predicted octanol–water partition coefficient (Wildman–Crippen LogP) is 35.5. The molecule has 2 rings (SSSR count). The van der Waals surface area contributed by atoms with E-state index in [-0.39, 0.29) is 38.5 Å². The molecule has 0 spiro atoms. The summed E-state index contributed by atoms with van der Waals surface area (Å²) in [7, 11) is 0. The van der Waals surface area contributed by atoms with Gasteiger partial charge in [-0.15, -0.1) is 0 Å². The van der Waals surface area contributed by atoms with Crippen LogP contribution in [0.5, 0.6) is 0 Å². The minimum absolute atomic E-state index is 0.00344. The van der Waals surface area contributed by atoms with E-state index in [1.54, 1.807) is 0 Å². The van der Waals surface area contributed by atoms with Crippen molar-refractivity contribution in [3.63, 3.8) is 0 Å². The highest BCUT2D eigenvalue weighted by Crippen LogP contribution is 2.43. The summed E-state index contributed by atoms with van der Waals surface area (Å²) >= 11 is 0. The summed E-state index contributed by atoms with van der Waals surface area (Å²) in [6.07, 6.45) is 90.7. The Hall–Kier alpha value is -3.38. The van der Waals surface area contributed by atoms with Crippen LogP contribution in [0.3, 0.4) is 0 Å². The van der Waals surface area contributed by atoms with Gasteiger partial charge in [0.2, 0.25) is 12.1 Å². The maximum absolute atomic E-state index is 15.1. The fraction of sp³-hybridized carbons (Fsp3) is 0.950. The Labute approximate surface area is 845 Å². The van der Waals surface area contributed by atoms with Crippen LogP contribution in [0.4, 0.5) is 0 Å². The number of carbonyl (C=O) groups is 6. The number of hydrogen-bond donors (Lipinski definition) is 2. The van der Waals surface area contributed by atoms with E-state index in [0.29, 0.717) is 38.5 Å². The Bertz CT molecular complexity index is 2640. The van der Waals surface area contributed by atoms with Crippen molar-refractivity contribution in [2.75, 3.05) is 19.8 Å². The quantitative estimate of drug-likeness (QED) is 0.0328. The summed E-state index contributed by atoms with van der Waals surface area (Å²) in [5.74, 6) is -6.17. The van der Waals surface area contributed by atoms with Crippen LogP contribution >= 0.6 is 0 Å². The van der Waals surface area contributed by atoms with Gasteiger partial charge in [-0.05, 0) is 38.5 Å². The lowest BCUT2D eigenvalue weighted by Crippen LogP contribution is -2.65. The van der Waals surface area contributed by atoms with Crippen LogP contribution in [0.25, 0.3) is 0 Å². The molecule has 0 saturated carbocycles. The number of unbranched alkanes of at least 4 members (excludes halogenated alkanes) is 84. The third-order valence-electron chi connectivity index (χ3n) is 29.4. The highest BCUT2D eigenvalue weighted by atomic mass is 16.8. The van der Waals surface area contributed by atoms with E-state index >= 15 is 4.79 Å². The van der Waals surface area contributed by atoms with Crippen LogP contribution in [0.2, 0.25) is 0 Å². The number of carbonyl (C=O) groups excluding carboxylic acids is 6. The lowest BCUT2D eigenvalue weighted by Gasteiger charge is -2.45. The van der Waals surface area contributed by atoms with Gasteiger partial charge in [-0.2, -0.15) is 0 Å². The van der Waals surface area contributed by atoms with Crippen LogP contribution in [0, 0.1) is 0 Å². The predicted molar refractivity (Wildman–Crippen MR) is 569 cm³/mol. The van der Waals surface area contributed by atoms with Crippen molar-refractivity contribution in [1.82, 2.24) is 0 Å². The number of rotatable bonds is 107. The first kappa shape index (κ1) is 130. The van der Waals surface area contributed by atoms with Crippen LogP contribution in [0.1, 0.15) is 658 Å². The Morgan fingerprint density at radius 2 is 0.416 bits per heavy atom. The molecule has 2 heterocycles. The monoisotopic (exact) mass is 1940 g/mol. The summed E-state index contributed by atoms with van der Waals surface area (Å²) < 4.78 is 59.9. The molecular formula is C120H226O17. The first-order valence-electron chi connectivity index (χ1n) is 60.7. The Kier molecular flexibility index (Phi) is 93.4. The summed E-state index contributed by atoms with van der Waals surface area (Å²) in [5.41, 5.74) is 0. The SMILES string of the molecule is CCCCCCCCCCCCCCCCCC(=O)OC[C@H]1O[C@@](COC(=O)CCCCCCCCCCCCCCCCC)(O[C@H]2O[C@H](CO)[C@@H](O)[C@H](OC(=O)CCCCCCCCCCCCCCCCC)[C@H]2OC(=O)CCCCCCCCCCCCCCCCC)[C@@H](OC(=O)CCCCCCCCCCCCCCCCC)[C@@H]1OC(=O)CCCCCCCCCCCCCCCCC. The highest BCUT2D eigenvalue weighted by molar-refractivity contribution is 5.72. The van der Waals surface area contributed by atoms with E-state index < -0.39 is 110 Å². The zero-order valence-electron chi connectivity index (χ0n) is 91.1. The van der Waals surface area contributed by atoms with Crippen LogP contribution in [0.15, 0.2) is 0 Å². The maximum Gasteiger partial charge on any atom is 0.306 e. The van der Waals surface area contributed by atoms with Gasteiger partial charge in [-0.1, -0.05) is 581 Å². The highest BCUT2D eigenvalue weighted by Gasteiger charge is 2.65. The first-order chi connectivity index (χ1) is 67.3. The Balaban J connectivity index is 2.76. The minimum Gasteiger partial charge on any atom is -0.463 e. The molecule has 17 nitrogen and oxygen atoms in total. The van der Waals surface area contributed by atoms with Crippen LogP contribution < -0.4 is 0 Å². The van der Waals surface area contributed by atoms with Crippen molar-refractivity contribution < 1.29 is 81.6 Å². The lowest BCUT2D eigenvalue weighted by atomic mass is 9.97. The molecule has 0 bridgehead atoms. The lowest BCUT2D eigenvalue weighted by molar-refractivity contribution is -0.384. The van der Waals surface area contributed by atoms with E-state index in [0.717, 1.165) is 154 Å². The number of ether oxygens (including phenoxy) is 9. The molecule has 0 aliphatic carbocycles. The van der Waals surface area contributed by atoms with Crippen LogP contribution in [-0.2, 0) is 71.4 Å². The molecule has 2 saturated heterocycles. The molecule has 0 aromatic carbocycles. The molecule has 17 heteroatoms. The minimum atomic E-state index is -2.49. The normalized spacial score (nSPS) is 18.2. The molecule has 0 unspecified atom stereocenters. The van der Waals surface area contributed by atoms with Crippen molar-refractivity contribution in [2.45, 2.75) is 713 Å². The number of aliphatic hydroxyl groups is 2. The van der Waals surface area contributed by atoms with E-state index in [1.807, 2.05) is 0 Å². The van der Waals surface area contributed by atoms with Crippen molar-refractivity contribution in [1.29, 1.82) is 0 Å². The van der Waals surface area contributed by atoms with Crippen molar-refractivity contribution in [2.24, 2.45) is 0 Å². The van der Waals surface area contributed by atoms with Crippen molar-refractivity contribution >= 4 is 35.8 Å². The zero-order valence-corrected chi connectivity index (χ0v) is 91.1. The molecule has 0 amide bonds. The molecule has 2 aliphatic heterocycles. The molecular weight excluding hydrogens is 1710 g/mol. The van der Waals surface area contributed by atoms with Gasteiger partial charge in [0.15, 0.2) is 24.4 Å². The van der Waals surface area contributed by atoms with Gasteiger partial charge in [0.1, 0.15) is 31.5 Å². The number of aliphatic hydroxyl groups excluding tert-OH is 2. The summed E-state index contributed by atoms with van der Waals surface area (Å²) in [6.45, 7) is 11.5. The molecule has 137 heavy (non-hydrogen) atoms. The second-order valence-corrected chi connectivity index (χ2v) is 42.6. The second-order valence-electron chi connectivity index (χ2n) is 42.6. The van der Waals surface area contributed by atoms with Gasteiger partial charge in [-0.3, -0.25) is 28.8 Å². The summed E-state index contributed by atoms with van der Waals surface area (Å²) in [5, 5.41) is 23.8. The number of hydrogen-bond acceptors (Lipinski definition) is 17. The summed E-state index contributed by atoms with van der Waals surface area (Å²) in [4.78, 5) is 88.2. The third-order valence-corrected chi connectivity index (χ3v) is 29.4. The van der Waals surface area contributed by atoms with E-state index in [4.69, 9.17) is 42.6 Å². The first-order valence-corrected chi connectivity index (χ1v) is 60.7. The number of esters is 6. The fourth-order valence-electron chi connectivity index (χ4n) is 20.3. The average molecular weight is 1940 g/mol. The molecule has 808 valence electrons. The third kappa shape index (κ3) is 76.8. The molecule has 0 radical (unpaired) electrons.